The summed E-state index contributed by atoms with van der Waals surface area (Å²) in [5.74, 6) is 1.59. The van der Waals surface area contributed by atoms with Gasteiger partial charge in [0.15, 0.2) is 0 Å². The third-order valence-electron chi connectivity index (χ3n) is 6.82. The Hall–Kier alpha value is -1.80. The maximum Gasteiger partial charge on any atom is 0.244 e. The molecule has 2 N–H and O–H groups in total. The predicted octanol–water partition coefficient (Wildman–Crippen LogP) is 5.32. The molecule has 3 aliphatic rings. The van der Waals surface area contributed by atoms with Gasteiger partial charge in [0.2, 0.25) is 10.0 Å². The van der Waals surface area contributed by atoms with Crippen molar-refractivity contribution in [2.45, 2.75) is 50.3 Å². The van der Waals surface area contributed by atoms with Gasteiger partial charge in [0, 0.05) is 32.4 Å². The normalized spacial score (nSPS) is 19.7. The number of halogens is 2. The van der Waals surface area contributed by atoms with E-state index in [9.17, 15) is 8.42 Å². The quantitative estimate of drug-likeness (QED) is 0.375. The Morgan fingerprint density at radius 3 is 2.74 bits per heavy atom. The van der Waals surface area contributed by atoms with Crippen LogP contribution in [0.25, 0.3) is 0 Å². The molecule has 9 heteroatoms. The van der Waals surface area contributed by atoms with Crippen LogP contribution in [-0.4, -0.2) is 51.8 Å². The van der Waals surface area contributed by atoms with Crippen molar-refractivity contribution in [1.82, 2.24) is 14.9 Å². The zero-order chi connectivity index (χ0) is 25.0. The third-order valence-corrected chi connectivity index (χ3v) is 9.65. The minimum Gasteiger partial charge on any atom is -0.388 e. The standard InChI is InChI=1S/C26H34Cl2N4O2S/c1-18-17-21(26-30-14-15-31-26)10-7-19(18)11-12-23(20-8-9-20)29-13-4-16-32(2)35(33,34)24-6-3-5-22(27)25(24)28/h3,5-7,10,18,29H,4,8-9,11-17H2,1-2H3,(H,30,31). The van der Waals surface area contributed by atoms with Crippen LogP contribution in [-0.2, 0) is 10.0 Å². The van der Waals surface area contributed by atoms with E-state index in [0.717, 1.165) is 57.6 Å². The van der Waals surface area contributed by atoms with Gasteiger partial charge in [-0.1, -0.05) is 59.5 Å². The molecule has 0 radical (unpaired) electrons. The van der Waals surface area contributed by atoms with Crippen LogP contribution in [0.15, 0.2) is 62.7 Å². The van der Waals surface area contributed by atoms with Gasteiger partial charge in [-0.2, -0.15) is 0 Å². The monoisotopic (exact) mass is 536 g/mol. The summed E-state index contributed by atoms with van der Waals surface area (Å²) in [6.07, 6.45) is 10.6. The van der Waals surface area contributed by atoms with E-state index in [1.54, 1.807) is 19.2 Å². The summed E-state index contributed by atoms with van der Waals surface area (Å²) in [7, 11) is -2.11. The summed E-state index contributed by atoms with van der Waals surface area (Å²) in [5.41, 5.74) is 5.63. The smallest absolute Gasteiger partial charge is 0.244 e. The number of sulfonamides is 1. The minimum absolute atomic E-state index is 0.0470. The van der Waals surface area contributed by atoms with Crippen molar-refractivity contribution in [3.63, 3.8) is 0 Å². The zero-order valence-electron chi connectivity index (χ0n) is 20.4. The number of rotatable bonds is 11. The lowest BCUT2D eigenvalue weighted by molar-refractivity contribution is 0.457. The SMILES string of the molecule is CC1CC(C2=NCCN2)=CC=C1CCC(NCCCN(C)S(=O)(=O)c1cccc(Cl)c1Cl)=C1CC1. The summed E-state index contributed by atoms with van der Waals surface area (Å²) in [4.78, 5) is 4.60. The Kier molecular flexibility index (Phi) is 8.63. The van der Waals surface area contributed by atoms with E-state index in [1.165, 1.54) is 32.8 Å². The second-order valence-electron chi connectivity index (χ2n) is 9.44. The number of nitrogens with zero attached hydrogens (tertiary/aromatic N) is 2. The highest BCUT2D eigenvalue weighted by atomic mass is 35.5. The lowest BCUT2D eigenvalue weighted by atomic mass is 9.85. The van der Waals surface area contributed by atoms with Gasteiger partial charge < -0.3 is 10.6 Å². The molecular weight excluding hydrogens is 503 g/mol. The van der Waals surface area contributed by atoms with Crippen LogP contribution in [0.3, 0.4) is 0 Å². The van der Waals surface area contributed by atoms with Crippen LogP contribution >= 0.6 is 23.2 Å². The molecule has 1 fully saturated rings. The summed E-state index contributed by atoms with van der Waals surface area (Å²) in [6.45, 7) is 5.24. The maximum atomic E-state index is 12.9. The molecule has 1 aromatic rings. The van der Waals surface area contributed by atoms with Gasteiger partial charge in [-0.25, -0.2) is 12.7 Å². The highest BCUT2D eigenvalue weighted by molar-refractivity contribution is 7.89. The first-order chi connectivity index (χ1) is 16.8. The predicted molar refractivity (Wildman–Crippen MR) is 145 cm³/mol. The Morgan fingerprint density at radius 2 is 2.06 bits per heavy atom. The number of allylic oxidation sites excluding steroid dienone is 5. The first-order valence-electron chi connectivity index (χ1n) is 12.3. The molecule has 0 bridgehead atoms. The first kappa shape index (κ1) is 26.3. The molecule has 1 saturated carbocycles. The molecule has 4 rings (SSSR count). The van der Waals surface area contributed by atoms with Crippen LogP contribution in [0, 0.1) is 5.92 Å². The average Bonchev–Trinajstić information content (AvgIpc) is 3.53. The van der Waals surface area contributed by atoms with Gasteiger partial charge in [0.05, 0.1) is 16.6 Å². The van der Waals surface area contributed by atoms with Crippen LogP contribution in [0.5, 0.6) is 0 Å². The van der Waals surface area contributed by atoms with Crippen molar-refractivity contribution in [1.29, 1.82) is 0 Å². The average molecular weight is 538 g/mol. The van der Waals surface area contributed by atoms with Crippen molar-refractivity contribution in [2.75, 3.05) is 33.2 Å². The number of hydrogen-bond acceptors (Lipinski definition) is 5. The summed E-state index contributed by atoms with van der Waals surface area (Å²) < 4.78 is 27.1. The van der Waals surface area contributed by atoms with Crippen LogP contribution in [0.1, 0.15) is 45.4 Å². The third kappa shape index (κ3) is 6.50. The summed E-state index contributed by atoms with van der Waals surface area (Å²) >= 11 is 12.2. The molecule has 1 atom stereocenters. The Bertz CT molecular complexity index is 1180. The molecule has 0 amide bonds. The van der Waals surface area contributed by atoms with E-state index < -0.39 is 10.0 Å². The topological polar surface area (TPSA) is 73.8 Å². The number of nitrogens with one attached hydrogen (secondary N) is 2. The van der Waals surface area contributed by atoms with Gasteiger partial charge in [-0.05, 0) is 62.1 Å². The number of amidine groups is 1. The summed E-state index contributed by atoms with van der Waals surface area (Å²) in [6, 6.07) is 4.68. The number of aliphatic imine (C=N–C) groups is 1. The van der Waals surface area contributed by atoms with Crippen LogP contribution in [0.2, 0.25) is 10.0 Å². The van der Waals surface area contributed by atoms with Crippen molar-refractivity contribution in [3.05, 3.63) is 62.8 Å². The molecule has 0 spiro atoms. The highest BCUT2D eigenvalue weighted by Crippen LogP contribution is 2.35. The number of benzene rings is 1. The van der Waals surface area contributed by atoms with Gasteiger partial charge in [0.25, 0.3) is 0 Å². The van der Waals surface area contributed by atoms with E-state index in [-0.39, 0.29) is 14.9 Å². The van der Waals surface area contributed by atoms with Gasteiger partial charge >= 0.3 is 0 Å². The molecule has 0 saturated heterocycles. The molecule has 1 aromatic carbocycles. The molecule has 1 unspecified atom stereocenters. The summed E-state index contributed by atoms with van der Waals surface area (Å²) in [5, 5.41) is 7.28. The Labute approximate surface area is 219 Å². The Balaban J connectivity index is 1.27. The maximum absolute atomic E-state index is 12.9. The van der Waals surface area contributed by atoms with E-state index in [0.29, 0.717) is 18.9 Å². The lowest BCUT2D eigenvalue weighted by Crippen LogP contribution is -2.30. The highest BCUT2D eigenvalue weighted by Gasteiger charge is 2.25. The minimum atomic E-state index is -3.69. The fourth-order valence-corrected chi connectivity index (χ4v) is 6.50. The van der Waals surface area contributed by atoms with E-state index in [2.05, 4.69) is 34.7 Å². The van der Waals surface area contributed by atoms with Crippen molar-refractivity contribution in [2.24, 2.45) is 10.9 Å². The second kappa shape index (κ2) is 11.5. The van der Waals surface area contributed by atoms with Gasteiger partial charge in [0.1, 0.15) is 10.7 Å². The fourth-order valence-electron chi connectivity index (χ4n) is 4.56. The van der Waals surface area contributed by atoms with Crippen molar-refractivity contribution >= 4 is 39.1 Å². The molecule has 190 valence electrons. The zero-order valence-corrected chi connectivity index (χ0v) is 22.7. The van der Waals surface area contributed by atoms with Crippen molar-refractivity contribution in [3.8, 4) is 0 Å². The van der Waals surface area contributed by atoms with E-state index in [4.69, 9.17) is 23.2 Å². The van der Waals surface area contributed by atoms with Gasteiger partial charge in [-0.3, -0.25) is 4.99 Å². The van der Waals surface area contributed by atoms with E-state index >= 15 is 0 Å². The number of hydrogen-bond donors (Lipinski definition) is 2. The first-order valence-corrected chi connectivity index (χ1v) is 14.5. The molecule has 6 nitrogen and oxygen atoms in total. The second-order valence-corrected chi connectivity index (χ2v) is 12.2. The van der Waals surface area contributed by atoms with Gasteiger partial charge in [-0.15, -0.1) is 0 Å². The largest absolute Gasteiger partial charge is 0.388 e. The molecule has 1 aliphatic heterocycles. The Morgan fingerprint density at radius 1 is 1.26 bits per heavy atom. The molecule has 1 heterocycles. The van der Waals surface area contributed by atoms with Crippen LogP contribution in [0.4, 0.5) is 0 Å². The molecule has 0 aromatic heterocycles. The van der Waals surface area contributed by atoms with Crippen LogP contribution < -0.4 is 10.6 Å². The molecule has 2 aliphatic carbocycles. The molecule has 35 heavy (non-hydrogen) atoms. The lowest BCUT2D eigenvalue weighted by Gasteiger charge is -2.23. The van der Waals surface area contributed by atoms with E-state index in [1.807, 2.05) is 0 Å². The molecular formula is C26H34Cl2N4O2S. The fraction of sp³-hybridized carbons (Fsp3) is 0.500. The van der Waals surface area contributed by atoms with Crippen molar-refractivity contribution < 1.29 is 8.42 Å².